The molecule has 0 radical (unpaired) electrons. The van der Waals surface area contributed by atoms with Crippen LogP contribution in [0, 0.1) is 0 Å². The van der Waals surface area contributed by atoms with Crippen LogP contribution in [0.3, 0.4) is 0 Å². The molecule has 0 aliphatic carbocycles. The van der Waals surface area contributed by atoms with Crippen molar-refractivity contribution in [2.45, 2.75) is 0 Å². The molecule has 0 unspecified atom stereocenters. The molecule has 0 N–H and O–H groups in total. The summed E-state index contributed by atoms with van der Waals surface area (Å²) in [6.45, 7) is 0. The van der Waals surface area contributed by atoms with Gasteiger partial charge in [0.25, 0.3) is 0 Å². The molecule has 0 rings (SSSR count). The molecule has 0 fully saturated rings. The van der Waals surface area contributed by atoms with Gasteiger partial charge >= 0.3 is 56.0 Å². The Morgan fingerprint density at radius 1 is 1.40 bits per heavy atom. The van der Waals surface area contributed by atoms with E-state index in [2.05, 4.69) is 0 Å². The van der Waals surface area contributed by atoms with E-state index in [1.54, 1.807) is 0 Å². The van der Waals surface area contributed by atoms with Crippen LogP contribution in [0.15, 0.2) is 0 Å². The zero-order valence-electron chi connectivity index (χ0n) is 2.67. The predicted molar refractivity (Wildman–Crippen MR) is 7.13 cm³/mol. The van der Waals surface area contributed by atoms with Gasteiger partial charge in [0, 0.05) is 0 Å². The molecule has 5 heteroatoms. The summed E-state index contributed by atoms with van der Waals surface area (Å²) < 4.78 is 25.7. The summed E-state index contributed by atoms with van der Waals surface area (Å²) in [5.74, 6) is 0. The Balaban J connectivity index is 0. The van der Waals surface area contributed by atoms with Crippen molar-refractivity contribution in [1.29, 1.82) is 0 Å². The van der Waals surface area contributed by atoms with Gasteiger partial charge in [-0.25, -0.2) is 0 Å². The van der Waals surface area contributed by atoms with Crippen molar-refractivity contribution in [3.63, 3.8) is 0 Å². The van der Waals surface area contributed by atoms with Gasteiger partial charge < -0.3 is 0 Å². The van der Waals surface area contributed by atoms with Crippen LogP contribution in [-0.2, 0) is 7.48 Å². The van der Waals surface area contributed by atoms with Crippen molar-refractivity contribution < 1.29 is 41.1 Å². The molecule has 0 bridgehead atoms. The molecule has 0 spiro atoms. The fraction of sp³-hybridized carbons (Fsp3) is 0. The van der Waals surface area contributed by atoms with Gasteiger partial charge in [-0.1, -0.05) is 0 Å². The van der Waals surface area contributed by atoms with E-state index in [4.69, 9.17) is 11.6 Å². The minimum atomic E-state index is -3.94. The van der Waals surface area contributed by atoms with Crippen molar-refractivity contribution in [3.8, 4) is 0 Å². The summed E-state index contributed by atoms with van der Waals surface area (Å²) in [7, 11) is 0. The van der Waals surface area contributed by atoms with Crippen molar-refractivity contribution in [2.75, 3.05) is 0 Å². The molecule has 0 aromatic rings. The normalized spacial score (nSPS) is 5.00. The summed E-state index contributed by atoms with van der Waals surface area (Å²) in [5, 5.41) is 0. The van der Waals surface area contributed by atoms with E-state index in [0.29, 0.717) is 0 Å². The largest absolute Gasteiger partial charge is 1.00 e. The Kier molecular flexibility index (Phi) is 9.67. The first kappa shape index (κ1) is 9.45. The van der Waals surface area contributed by atoms with Gasteiger partial charge in [-0.2, -0.15) is 0 Å². The maximum absolute atomic E-state index is 8.56. The molecule has 0 aromatic heterocycles. The summed E-state index contributed by atoms with van der Waals surface area (Å²) >= 11 is -3.94. The second kappa shape index (κ2) is 5.12. The Hall–Kier alpha value is 1.12. The van der Waals surface area contributed by atoms with E-state index >= 15 is 0 Å². The van der Waals surface area contributed by atoms with Gasteiger partial charge in [0.05, 0.1) is 0 Å². The fourth-order valence-corrected chi connectivity index (χ4v) is 0. The molecule has 5 heavy (non-hydrogen) atoms. The van der Waals surface area contributed by atoms with Crippen molar-refractivity contribution >= 4 is 14.9 Å². The van der Waals surface area contributed by atoms with Crippen LogP contribution in [0.25, 0.3) is 0 Å². The van der Waals surface area contributed by atoms with Gasteiger partial charge in [0.1, 0.15) is 0 Å². The maximum Gasteiger partial charge on any atom is 1.00 e. The number of hydrogen-bond donors (Lipinski definition) is 0. The first-order valence-corrected chi connectivity index (χ1v) is 2.85. The molecule has 0 aliphatic rings. The van der Waals surface area contributed by atoms with Crippen LogP contribution in [0.5, 0.6) is 0 Å². The molecule has 0 saturated heterocycles. The van der Waals surface area contributed by atoms with E-state index in [1.807, 2.05) is 0 Å². The van der Waals surface area contributed by atoms with Crippen LogP contribution in [0.4, 0.5) is 0 Å². The topological polar surface area (TPSA) is 57.2 Å². The molecule has 0 saturated carbocycles. The zero-order valence-corrected chi connectivity index (χ0v) is 6.55. The second-order valence-electron chi connectivity index (χ2n) is 0.224. The maximum atomic E-state index is 8.56. The average Bonchev–Trinajstić information content (AvgIpc) is 0.811. The molecular weight excluding hydrogens is 146 g/mol. The van der Waals surface area contributed by atoms with Gasteiger partial charge in [-0.05, 0) is 0 Å². The summed E-state index contributed by atoms with van der Waals surface area (Å²) in [4.78, 5) is 0. The van der Waals surface area contributed by atoms with Crippen molar-refractivity contribution in [3.05, 3.63) is 0 Å². The van der Waals surface area contributed by atoms with Crippen molar-refractivity contribution in [2.24, 2.45) is 0 Å². The van der Waals surface area contributed by atoms with E-state index in [1.165, 1.54) is 0 Å². The Morgan fingerprint density at radius 3 is 1.40 bits per heavy atom. The Morgan fingerprint density at radius 2 is 1.40 bits per heavy atom. The van der Waals surface area contributed by atoms with Gasteiger partial charge in [-0.3, -0.25) is 0 Å². The molecule has 24 valence electrons. The Labute approximate surface area is 55.7 Å². The van der Waals surface area contributed by atoms with Gasteiger partial charge in [0.2, 0.25) is 0 Å². The summed E-state index contributed by atoms with van der Waals surface area (Å²) in [6.07, 6.45) is 0. The van der Waals surface area contributed by atoms with Crippen LogP contribution in [0.2, 0.25) is 0 Å². The van der Waals surface area contributed by atoms with Crippen LogP contribution in [-0.4, -0.2) is 14.9 Å². The van der Waals surface area contributed by atoms with Gasteiger partial charge in [-0.15, -0.1) is 0 Å². The van der Waals surface area contributed by atoms with E-state index in [-0.39, 0.29) is 29.6 Å². The van der Waals surface area contributed by atoms with Crippen molar-refractivity contribution in [1.82, 2.24) is 0 Å². The zero-order chi connectivity index (χ0) is 3.58. The molecule has 0 atom stereocenters. The second-order valence-corrected chi connectivity index (χ2v) is 1.16. The molecule has 0 aromatic carbocycles. The molecule has 0 heterocycles. The van der Waals surface area contributed by atoms with E-state index < -0.39 is 14.9 Å². The molecule has 0 aliphatic heterocycles. The third kappa shape index (κ3) is 39.8. The molecule has 3 nitrogen and oxygen atoms in total. The first-order valence-electron chi connectivity index (χ1n) is 0.548. The first-order chi connectivity index (χ1) is 1.73. The van der Waals surface area contributed by atoms with Gasteiger partial charge in [0.15, 0.2) is 0 Å². The molecule has 0 amide bonds. The van der Waals surface area contributed by atoms with E-state index in [9.17, 15) is 0 Å². The number of hydrogen-bond acceptors (Lipinski definition) is 3. The summed E-state index contributed by atoms with van der Waals surface area (Å²) in [6, 6.07) is 0. The third-order valence-electron chi connectivity index (χ3n) is 0. The number of rotatable bonds is 0. The predicted octanol–water partition coefficient (Wildman–Crippen LogP) is -4.80. The Bertz CT molecular complexity index is 55.3. The minimum absolute atomic E-state index is 0. The van der Waals surface area contributed by atoms with Crippen LogP contribution >= 0.6 is 0 Å². The van der Waals surface area contributed by atoms with Crippen LogP contribution < -0.4 is 33.7 Å². The summed E-state index contributed by atoms with van der Waals surface area (Å²) in [5.41, 5.74) is 0. The fourth-order valence-electron chi connectivity index (χ4n) is 0. The van der Waals surface area contributed by atoms with Crippen LogP contribution in [0.1, 0.15) is 0 Å². The monoisotopic (exact) mass is 146 g/mol. The third-order valence-corrected chi connectivity index (χ3v) is 0. The quantitative estimate of drug-likeness (QED) is 0.322. The minimum Gasteiger partial charge on any atom is 1.00 e. The van der Waals surface area contributed by atoms with E-state index in [0.717, 1.165) is 0 Å². The SMILES string of the molecule is O=[As](=O)[O-].[Na+]. The smallest absolute Gasteiger partial charge is 1.00 e. The standard InChI is InChI=1S/AsHO3.Na/c2-1(3)4;/h(H,2,3,4);/q;+1/p-1. The average molecular weight is 146 g/mol. The molecular formula is AsNaO3.